The number of hydrogen-bond donors (Lipinski definition) is 0. The largest absolute Gasteiger partial charge is 0.462 e. The zero-order valence-corrected chi connectivity index (χ0v) is 41.2. The van der Waals surface area contributed by atoms with Crippen molar-refractivity contribution >= 4 is 17.9 Å². The Bertz CT molecular complexity index is 947. The third kappa shape index (κ3) is 49.0. The second kappa shape index (κ2) is 50.8. The Labute approximate surface area is 380 Å². The third-order valence-electron chi connectivity index (χ3n) is 12.3. The molecule has 0 aromatic carbocycles. The molecular formula is C55H104O6. The molecule has 61 heavy (non-hydrogen) atoms. The van der Waals surface area contributed by atoms with Crippen LogP contribution in [0, 0.1) is 0 Å². The SMILES string of the molecule is CCCCCCCC/C=C\CCCCCC(=O)OCC(COC(=O)CCCCCCCCCCCCCCCCCC)OC(=O)CCCCCCCCCCCCCCCC. The first-order valence-corrected chi connectivity index (χ1v) is 27.2. The number of hydrogen-bond acceptors (Lipinski definition) is 6. The highest BCUT2D eigenvalue weighted by molar-refractivity contribution is 5.71. The van der Waals surface area contributed by atoms with Crippen molar-refractivity contribution in [3.8, 4) is 0 Å². The predicted octanol–water partition coefficient (Wildman–Crippen LogP) is 17.8. The van der Waals surface area contributed by atoms with Crippen LogP contribution in [0.25, 0.3) is 0 Å². The lowest BCUT2D eigenvalue weighted by Gasteiger charge is -2.18. The molecule has 0 saturated carbocycles. The van der Waals surface area contributed by atoms with E-state index in [0.717, 1.165) is 64.2 Å². The molecular weight excluding hydrogens is 757 g/mol. The van der Waals surface area contributed by atoms with E-state index < -0.39 is 6.10 Å². The molecule has 360 valence electrons. The Balaban J connectivity index is 4.32. The minimum absolute atomic E-state index is 0.0689. The molecule has 0 bridgehead atoms. The summed E-state index contributed by atoms with van der Waals surface area (Å²) in [6, 6.07) is 0. The van der Waals surface area contributed by atoms with Crippen LogP contribution >= 0.6 is 0 Å². The Morgan fingerprint density at radius 3 is 0.836 bits per heavy atom. The molecule has 0 aliphatic rings. The van der Waals surface area contributed by atoms with Gasteiger partial charge in [-0.05, 0) is 44.9 Å². The van der Waals surface area contributed by atoms with Crippen LogP contribution < -0.4 is 0 Å². The number of unbranched alkanes of at least 4 members (excludes halogenated alkanes) is 37. The van der Waals surface area contributed by atoms with Gasteiger partial charge in [0.25, 0.3) is 0 Å². The highest BCUT2D eigenvalue weighted by Crippen LogP contribution is 2.17. The Kier molecular flexibility index (Phi) is 49.3. The fraction of sp³-hybridized carbons (Fsp3) is 0.909. The van der Waals surface area contributed by atoms with E-state index in [4.69, 9.17) is 14.2 Å². The van der Waals surface area contributed by atoms with Gasteiger partial charge in [0.2, 0.25) is 0 Å². The summed E-state index contributed by atoms with van der Waals surface area (Å²) in [5.74, 6) is -0.866. The van der Waals surface area contributed by atoms with Crippen LogP contribution in [0.3, 0.4) is 0 Å². The number of esters is 3. The van der Waals surface area contributed by atoms with Crippen molar-refractivity contribution in [1.29, 1.82) is 0 Å². The van der Waals surface area contributed by atoms with E-state index in [0.29, 0.717) is 19.3 Å². The minimum Gasteiger partial charge on any atom is -0.462 e. The van der Waals surface area contributed by atoms with Crippen LogP contribution in [0.4, 0.5) is 0 Å². The summed E-state index contributed by atoms with van der Waals surface area (Å²) in [6.07, 6.45) is 56.2. The Morgan fingerprint density at radius 1 is 0.311 bits per heavy atom. The van der Waals surface area contributed by atoms with E-state index in [1.165, 1.54) is 199 Å². The van der Waals surface area contributed by atoms with Crippen LogP contribution in [-0.4, -0.2) is 37.2 Å². The molecule has 0 fully saturated rings. The van der Waals surface area contributed by atoms with Crippen LogP contribution in [0.15, 0.2) is 12.2 Å². The van der Waals surface area contributed by atoms with Gasteiger partial charge in [-0.15, -0.1) is 0 Å². The molecule has 0 N–H and O–H groups in total. The zero-order valence-electron chi connectivity index (χ0n) is 41.2. The highest BCUT2D eigenvalue weighted by Gasteiger charge is 2.19. The van der Waals surface area contributed by atoms with Crippen molar-refractivity contribution in [1.82, 2.24) is 0 Å². The average Bonchev–Trinajstić information content (AvgIpc) is 3.26. The van der Waals surface area contributed by atoms with Crippen LogP contribution in [0.5, 0.6) is 0 Å². The fourth-order valence-corrected chi connectivity index (χ4v) is 8.14. The van der Waals surface area contributed by atoms with Crippen LogP contribution in [0.2, 0.25) is 0 Å². The number of carbonyl (C=O) groups is 3. The lowest BCUT2D eigenvalue weighted by atomic mass is 10.0. The fourth-order valence-electron chi connectivity index (χ4n) is 8.14. The highest BCUT2D eigenvalue weighted by atomic mass is 16.6. The summed E-state index contributed by atoms with van der Waals surface area (Å²) in [5, 5.41) is 0. The molecule has 0 amide bonds. The van der Waals surface area contributed by atoms with E-state index in [1.54, 1.807) is 0 Å². The van der Waals surface area contributed by atoms with E-state index in [2.05, 4.69) is 32.9 Å². The molecule has 0 radical (unpaired) electrons. The molecule has 6 heteroatoms. The predicted molar refractivity (Wildman–Crippen MR) is 261 cm³/mol. The van der Waals surface area contributed by atoms with Crippen molar-refractivity contribution in [3.05, 3.63) is 12.2 Å². The second-order valence-corrected chi connectivity index (χ2v) is 18.5. The second-order valence-electron chi connectivity index (χ2n) is 18.5. The quantitative estimate of drug-likeness (QED) is 0.0262. The van der Waals surface area contributed by atoms with E-state index in [9.17, 15) is 14.4 Å². The monoisotopic (exact) mass is 861 g/mol. The molecule has 1 unspecified atom stereocenters. The van der Waals surface area contributed by atoms with Gasteiger partial charge in [-0.2, -0.15) is 0 Å². The van der Waals surface area contributed by atoms with Gasteiger partial charge in [0, 0.05) is 19.3 Å². The van der Waals surface area contributed by atoms with E-state index in [1.807, 2.05) is 0 Å². The van der Waals surface area contributed by atoms with Gasteiger partial charge in [0.15, 0.2) is 6.10 Å². The molecule has 0 saturated heterocycles. The normalized spacial score (nSPS) is 12.0. The van der Waals surface area contributed by atoms with E-state index >= 15 is 0 Å². The third-order valence-corrected chi connectivity index (χ3v) is 12.3. The van der Waals surface area contributed by atoms with Gasteiger partial charge in [0.05, 0.1) is 0 Å². The lowest BCUT2D eigenvalue weighted by molar-refractivity contribution is -0.167. The van der Waals surface area contributed by atoms with Gasteiger partial charge < -0.3 is 14.2 Å². The van der Waals surface area contributed by atoms with Crippen molar-refractivity contribution < 1.29 is 28.6 Å². The Hall–Kier alpha value is -1.85. The first kappa shape index (κ1) is 59.1. The molecule has 0 aliphatic heterocycles. The number of allylic oxidation sites excluding steroid dienone is 2. The van der Waals surface area contributed by atoms with Crippen molar-refractivity contribution in [3.63, 3.8) is 0 Å². The number of ether oxygens (including phenoxy) is 3. The molecule has 0 aromatic rings. The molecule has 0 aliphatic carbocycles. The number of carbonyl (C=O) groups excluding carboxylic acids is 3. The Morgan fingerprint density at radius 2 is 0.541 bits per heavy atom. The van der Waals surface area contributed by atoms with Crippen molar-refractivity contribution in [2.45, 2.75) is 309 Å². The molecule has 1 atom stereocenters. The van der Waals surface area contributed by atoms with Crippen molar-refractivity contribution in [2.75, 3.05) is 13.2 Å². The molecule has 0 heterocycles. The average molecular weight is 861 g/mol. The van der Waals surface area contributed by atoms with Crippen LogP contribution in [0.1, 0.15) is 303 Å². The molecule has 0 aromatic heterocycles. The smallest absolute Gasteiger partial charge is 0.306 e. The summed E-state index contributed by atoms with van der Waals surface area (Å²) in [7, 11) is 0. The molecule has 0 spiro atoms. The zero-order chi connectivity index (χ0) is 44.4. The maximum Gasteiger partial charge on any atom is 0.306 e. The van der Waals surface area contributed by atoms with Crippen LogP contribution in [-0.2, 0) is 28.6 Å². The molecule has 6 nitrogen and oxygen atoms in total. The lowest BCUT2D eigenvalue weighted by Crippen LogP contribution is -2.30. The standard InChI is InChI=1S/C55H104O6/c1-4-7-10-13-16-19-22-25-27-28-31-33-36-39-42-45-48-54(57)60-51-52(50-59-53(56)47-44-41-38-35-32-29-24-21-18-15-12-9-6-3)61-55(58)49-46-43-40-37-34-30-26-23-20-17-14-11-8-5-2/h29,32,52H,4-28,30-31,33-51H2,1-3H3/b32-29-. The summed E-state index contributed by atoms with van der Waals surface area (Å²) >= 11 is 0. The first-order valence-electron chi connectivity index (χ1n) is 27.2. The van der Waals surface area contributed by atoms with Gasteiger partial charge in [-0.1, -0.05) is 251 Å². The van der Waals surface area contributed by atoms with Gasteiger partial charge in [-0.25, -0.2) is 0 Å². The summed E-state index contributed by atoms with van der Waals surface area (Å²) < 4.78 is 16.8. The summed E-state index contributed by atoms with van der Waals surface area (Å²) in [6.45, 7) is 6.66. The first-order chi connectivity index (χ1) is 30.0. The van der Waals surface area contributed by atoms with Gasteiger partial charge >= 0.3 is 17.9 Å². The van der Waals surface area contributed by atoms with E-state index in [-0.39, 0.29) is 31.1 Å². The maximum absolute atomic E-state index is 12.8. The van der Waals surface area contributed by atoms with Gasteiger partial charge in [-0.3, -0.25) is 14.4 Å². The van der Waals surface area contributed by atoms with Crippen molar-refractivity contribution in [2.24, 2.45) is 0 Å². The number of rotatable bonds is 50. The summed E-state index contributed by atoms with van der Waals surface area (Å²) in [5.41, 5.74) is 0. The maximum atomic E-state index is 12.8. The summed E-state index contributed by atoms with van der Waals surface area (Å²) in [4.78, 5) is 38.0. The minimum atomic E-state index is -0.769. The topological polar surface area (TPSA) is 78.9 Å². The molecule has 0 rings (SSSR count). The van der Waals surface area contributed by atoms with Gasteiger partial charge in [0.1, 0.15) is 13.2 Å².